The van der Waals surface area contributed by atoms with E-state index >= 15 is 0 Å². The zero-order valence-electron chi connectivity index (χ0n) is 8.34. The predicted molar refractivity (Wildman–Crippen MR) is 50.8 cm³/mol. The summed E-state index contributed by atoms with van der Waals surface area (Å²) in [7, 11) is 0. The predicted octanol–water partition coefficient (Wildman–Crippen LogP) is 0.840. The Bertz CT molecular complexity index is 128. The normalized spacial score (nSPS) is 10.4. The van der Waals surface area contributed by atoms with Crippen LogP contribution in [0.25, 0.3) is 0 Å². The van der Waals surface area contributed by atoms with Crippen LogP contribution in [0.5, 0.6) is 0 Å². The molecule has 0 atom stereocenters. The minimum atomic E-state index is 0.0862. The van der Waals surface area contributed by atoms with Crippen molar-refractivity contribution in [1.82, 2.24) is 4.90 Å². The maximum Gasteiger partial charge on any atom is 0.225 e. The van der Waals surface area contributed by atoms with Crippen LogP contribution in [0.4, 0.5) is 0 Å². The van der Waals surface area contributed by atoms with E-state index in [0.29, 0.717) is 13.1 Å². The van der Waals surface area contributed by atoms with E-state index in [-0.39, 0.29) is 11.8 Å². The summed E-state index contributed by atoms with van der Waals surface area (Å²) in [5.74, 6) is 0.297. The van der Waals surface area contributed by atoms with Crippen molar-refractivity contribution in [2.75, 3.05) is 19.6 Å². The zero-order valence-corrected chi connectivity index (χ0v) is 8.34. The van der Waals surface area contributed by atoms with E-state index in [0.717, 1.165) is 13.0 Å². The highest BCUT2D eigenvalue weighted by molar-refractivity contribution is 5.78. The third kappa shape index (κ3) is 3.72. The van der Waals surface area contributed by atoms with Crippen LogP contribution in [0.2, 0.25) is 0 Å². The topological polar surface area (TPSA) is 46.3 Å². The molecule has 0 aromatic heterocycles. The van der Waals surface area contributed by atoms with Gasteiger partial charge in [-0.3, -0.25) is 4.79 Å². The Morgan fingerprint density at radius 1 is 1.42 bits per heavy atom. The average molecular weight is 172 g/mol. The van der Waals surface area contributed by atoms with E-state index in [2.05, 4.69) is 6.92 Å². The van der Waals surface area contributed by atoms with Gasteiger partial charge in [-0.1, -0.05) is 20.8 Å². The van der Waals surface area contributed by atoms with Crippen LogP contribution in [-0.2, 0) is 4.79 Å². The quantitative estimate of drug-likeness (QED) is 0.668. The van der Waals surface area contributed by atoms with Gasteiger partial charge in [-0.15, -0.1) is 0 Å². The second-order valence-electron chi connectivity index (χ2n) is 3.27. The highest BCUT2D eigenvalue weighted by Gasteiger charge is 2.14. The number of hydrogen-bond donors (Lipinski definition) is 1. The number of hydrogen-bond acceptors (Lipinski definition) is 2. The zero-order chi connectivity index (χ0) is 9.56. The lowest BCUT2D eigenvalue weighted by Gasteiger charge is -2.23. The number of nitrogens with zero attached hydrogens (tertiary/aromatic N) is 1. The third-order valence-corrected chi connectivity index (χ3v) is 1.70. The Labute approximate surface area is 74.9 Å². The third-order valence-electron chi connectivity index (χ3n) is 1.70. The van der Waals surface area contributed by atoms with Crippen LogP contribution >= 0.6 is 0 Å². The number of nitrogens with two attached hydrogens (primary N) is 1. The first kappa shape index (κ1) is 11.4. The van der Waals surface area contributed by atoms with E-state index in [1.54, 1.807) is 0 Å². The van der Waals surface area contributed by atoms with Crippen molar-refractivity contribution in [3.63, 3.8) is 0 Å². The van der Waals surface area contributed by atoms with Crippen molar-refractivity contribution in [2.45, 2.75) is 27.2 Å². The van der Waals surface area contributed by atoms with E-state index in [9.17, 15) is 4.79 Å². The van der Waals surface area contributed by atoms with Crippen molar-refractivity contribution in [2.24, 2.45) is 11.7 Å². The Morgan fingerprint density at radius 2 is 2.00 bits per heavy atom. The summed E-state index contributed by atoms with van der Waals surface area (Å²) >= 11 is 0. The molecule has 3 heteroatoms. The summed E-state index contributed by atoms with van der Waals surface area (Å²) in [6.07, 6.45) is 0.998. The molecule has 12 heavy (non-hydrogen) atoms. The highest BCUT2D eigenvalue weighted by atomic mass is 16.2. The molecular formula is C9H20N2O. The van der Waals surface area contributed by atoms with Gasteiger partial charge in [-0.05, 0) is 6.42 Å². The molecule has 0 aliphatic heterocycles. The van der Waals surface area contributed by atoms with Gasteiger partial charge in [-0.2, -0.15) is 0 Å². The standard InChI is InChI=1S/C9H20N2O/c1-4-6-11(7-5-10)9(12)8(2)3/h8H,4-7,10H2,1-3H3. The molecule has 0 aliphatic carbocycles. The Hall–Kier alpha value is -0.570. The monoisotopic (exact) mass is 172 g/mol. The Morgan fingerprint density at radius 3 is 2.33 bits per heavy atom. The van der Waals surface area contributed by atoms with Crippen LogP contribution in [0.1, 0.15) is 27.2 Å². The van der Waals surface area contributed by atoms with E-state index in [1.165, 1.54) is 0 Å². The second kappa shape index (κ2) is 6.00. The molecule has 0 bridgehead atoms. The van der Waals surface area contributed by atoms with E-state index in [4.69, 9.17) is 5.73 Å². The first-order chi connectivity index (χ1) is 5.63. The summed E-state index contributed by atoms with van der Waals surface area (Å²) in [4.78, 5) is 13.3. The van der Waals surface area contributed by atoms with Crippen molar-refractivity contribution >= 4 is 5.91 Å². The van der Waals surface area contributed by atoms with Crippen LogP contribution in [0.15, 0.2) is 0 Å². The smallest absolute Gasteiger partial charge is 0.225 e. The molecule has 0 saturated heterocycles. The van der Waals surface area contributed by atoms with Gasteiger partial charge in [0, 0.05) is 25.6 Å². The van der Waals surface area contributed by atoms with Gasteiger partial charge in [-0.25, -0.2) is 0 Å². The molecule has 0 radical (unpaired) electrons. The molecule has 1 amide bonds. The molecule has 0 rings (SSSR count). The van der Waals surface area contributed by atoms with E-state index < -0.39 is 0 Å². The van der Waals surface area contributed by atoms with E-state index in [1.807, 2.05) is 18.7 Å². The molecule has 0 fully saturated rings. The number of rotatable bonds is 5. The number of carbonyl (C=O) groups excluding carboxylic acids is 1. The molecular weight excluding hydrogens is 152 g/mol. The average Bonchev–Trinajstić information content (AvgIpc) is 2.03. The summed E-state index contributed by atoms with van der Waals surface area (Å²) < 4.78 is 0. The van der Waals surface area contributed by atoms with Gasteiger partial charge in [0.05, 0.1) is 0 Å². The fraction of sp³-hybridized carbons (Fsp3) is 0.889. The SMILES string of the molecule is CCCN(CCN)C(=O)C(C)C. The first-order valence-corrected chi connectivity index (χ1v) is 4.62. The molecule has 0 unspecified atom stereocenters. The van der Waals surface area contributed by atoms with Crippen LogP contribution < -0.4 is 5.73 Å². The van der Waals surface area contributed by atoms with Gasteiger partial charge in [0.2, 0.25) is 5.91 Å². The summed E-state index contributed by atoms with van der Waals surface area (Å²) in [6.45, 7) is 7.97. The molecule has 0 aromatic carbocycles. The molecule has 0 spiro atoms. The van der Waals surface area contributed by atoms with Crippen LogP contribution in [0.3, 0.4) is 0 Å². The summed E-state index contributed by atoms with van der Waals surface area (Å²) in [5.41, 5.74) is 5.40. The molecule has 72 valence electrons. The lowest BCUT2D eigenvalue weighted by atomic mass is 10.2. The highest BCUT2D eigenvalue weighted by Crippen LogP contribution is 2.01. The maximum atomic E-state index is 11.5. The fourth-order valence-electron chi connectivity index (χ4n) is 1.12. The number of carbonyl (C=O) groups is 1. The van der Waals surface area contributed by atoms with Gasteiger partial charge >= 0.3 is 0 Å². The van der Waals surface area contributed by atoms with Gasteiger partial charge < -0.3 is 10.6 Å². The van der Waals surface area contributed by atoms with Crippen molar-refractivity contribution in [1.29, 1.82) is 0 Å². The second-order valence-corrected chi connectivity index (χ2v) is 3.27. The van der Waals surface area contributed by atoms with Crippen LogP contribution in [-0.4, -0.2) is 30.4 Å². The van der Waals surface area contributed by atoms with Crippen molar-refractivity contribution < 1.29 is 4.79 Å². The minimum absolute atomic E-state index is 0.0862. The summed E-state index contributed by atoms with van der Waals surface area (Å²) in [5, 5.41) is 0. The number of amides is 1. The maximum absolute atomic E-state index is 11.5. The Kier molecular flexibility index (Phi) is 5.72. The summed E-state index contributed by atoms with van der Waals surface area (Å²) in [6, 6.07) is 0. The molecule has 0 heterocycles. The van der Waals surface area contributed by atoms with Crippen molar-refractivity contribution in [3.05, 3.63) is 0 Å². The van der Waals surface area contributed by atoms with Gasteiger partial charge in [0.1, 0.15) is 0 Å². The fourth-order valence-corrected chi connectivity index (χ4v) is 1.12. The molecule has 0 aliphatic rings. The first-order valence-electron chi connectivity index (χ1n) is 4.62. The lowest BCUT2D eigenvalue weighted by Crippen LogP contribution is -2.38. The molecule has 0 saturated carbocycles. The van der Waals surface area contributed by atoms with Crippen molar-refractivity contribution in [3.8, 4) is 0 Å². The minimum Gasteiger partial charge on any atom is -0.341 e. The van der Waals surface area contributed by atoms with Gasteiger partial charge in [0.15, 0.2) is 0 Å². The lowest BCUT2D eigenvalue weighted by molar-refractivity contribution is -0.134. The Balaban J connectivity index is 3.99. The largest absolute Gasteiger partial charge is 0.341 e. The van der Waals surface area contributed by atoms with Crippen LogP contribution in [0, 0.1) is 5.92 Å². The molecule has 2 N–H and O–H groups in total. The molecule has 3 nitrogen and oxygen atoms in total. The van der Waals surface area contributed by atoms with Gasteiger partial charge in [0.25, 0.3) is 0 Å². The molecule has 0 aromatic rings.